The van der Waals surface area contributed by atoms with E-state index >= 15 is 0 Å². The average Bonchev–Trinajstić information content (AvgIpc) is 2.64. The normalized spacial score (nSPS) is 21.0. The quantitative estimate of drug-likeness (QED) is 0.634. The third kappa shape index (κ3) is 5.99. The summed E-state index contributed by atoms with van der Waals surface area (Å²) in [5.41, 5.74) is 1.30. The summed E-state index contributed by atoms with van der Waals surface area (Å²) < 4.78 is 10.4. The zero-order chi connectivity index (χ0) is 18.9. The van der Waals surface area contributed by atoms with Crippen molar-refractivity contribution >= 4 is 5.91 Å². The standard InChI is InChI=1S/C21H34N2O3/c1-17-15-22(16-18(2)23(17)13-14-25-3)21(24)8-6-5-7-19-9-11-20(26-4)12-10-19/h9-12,17-18H,5-8,13-16H2,1-4H3. The molecule has 1 saturated heterocycles. The van der Waals surface area contributed by atoms with Crippen molar-refractivity contribution in [2.45, 2.75) is 51.6 Å². The predicted octanol–water partition coefficient (Wildman–Crippen LogP) is 2.98. The van der Waals surface area contributed by atoms with Crippen molar-refractivity contribution < 1.29 is 14.3 Å². The lowest BCUT2D eigenvalue weighted by molar-refractivity contribution is -0.135. The minimum atomic E-state index is 0.296. The molecule has 2 rings (SSSR count). The Labute approximate surface area is 158 Å². The van der Waals surface area contributed by atoms with Crippen LogP contribution in [0.4, 0.5) is 0 Å². The molecule has 0 spiro atoms. The van der Waals surface area contributed by atoms with Gasteiger partial charge in [-0.05, 0) is 50.8 Å². The molecule has 26 heavy (non-hydrogen) atoms. The number of hydrogen-bond acceptors (Lipinski definition) is 4. The smallest absolute Gasteiger partial charge is 0.222 e. The molecule has 1 amide bonds. The van der Waals surface area contributed by atoms with E-state index < -0.39 is 0 Å². The van der Waals surface area contributed by atoms with E-state index in [1.807, 2.05) is 17.0 Å². The highest BCUT2D eigenvalue weighted by Gasteiger charge is 2.30. The number of hydrogen-bond donors (Lipinski definition) is 0. The summed E-state index contributed by atoms with van der Waals surface area (Å²) in [6.45, 7) is 7.73. The van der Waals surface area contributed by atoms with Crippen LogP contribution >= 0.6 is 0 Å². The van der Waals surface area contributed by atoms with Crippen molar-refractivity contribution in [1.82, 2.24) is 9.80 Å². The fourth-order valence-electron chi connectivity index (χ4n) is 3.75. The SMILES string of the molecule is COCCN1C(C)CN(C(=O)CCCCc2ccc(OC)cc2)CC1C. The molecule has 1 aliphatic rings. The van der Waals surface area contributed by atoms with E-state index in [4.69, 9.17) is 9.47 Å². The van der Waals surface area contributed by atoms with Crippen molar-refractivity contribution in [2.75, 3.05) is 40.5 Å². The highest BCUT2D eigenvalue weighted by atomic mass is 16.5. The first kappa shape index (κ1) is 20.7. The fraction of sp³-hybridized carbons (Fsp3) is 0.667. The molecule has 2 unspecified atom stereocenters. The molecule has 1 aromatic carbocycles. The Morgan fingerprint density at radius 1 is 1.08 bits per heavy atom. The largest absolute Gasteiger partial charge is 0.497 e. The van der Waals surface area contributed by atoms with Crippen LogP contribution in [0.1, 0.15) is 38.7 Å². The second-order valence-electron chi connectivity index (χ2n) is 7.28. The van der Waals surface area contributed by atoms with Gasteiger partial charge in [0.05, 0.1) is 13.7 Å². The second-order valence-corrected chi connectivity index (χ2v) is 7.28. The van der Waals surface area contributed by atoms with Crippen LogP contribution in [-0.4, -0.2) is 68.3 Å². The molecule has 0 saturated carbocycles. The molecule has 0 N–H and O–H groups in total. The van der Waals surface area contributed by atoms with E-state index in [0.717, 1.165) is 51.3 Å². The Bertz CT molecular complexity index is 535. The molecule has 1 aromatic rings. The van der Waals surface area contributed by atoms with Gasteiger partial charge in [-0.25, -0.2) is 0 Å². The first-order chi connectivity index (χ1) is 12.5. The summed E-state index contributed by atoms with van der Waals surface area (Å²) in [5.74, 6) is 1.18. The van der Waals surface area contributed by atoms with Gasteiger partial charge in [0, 0.05) is 45.2 Å². The van der Waals surface area contributed by atoms with Crippen molar-refractivity contribution in [1.29, 1.82) is 0 Å². The molecule has 1 fully saturated rings. The highest BCUT2D eigenvalue weighted by molar-refractivity contribution is 5.76. The minimum absolute atomic E-state index is 0.296. The van der Waals surface area contributed by atoms with Crippen LogP contribution in [0.25, 0.3) is 0 Å². The fourth-order valence-corrected chi connectivity index (χ4v) is 3.75. The number of carbonyl (C=O) groups is 1. The average molecular weight is 363 g/mol. The number of unbranched alkanes of at least 4 members (excludes halogenated alkanes) is 1. The lowest BCUT2D eigenvalue weighted by atomic mass is 10.0. The first-order valence-electron chi connectivity index (χ1n) is 9.70. The van der Waals surface area contributed by atoms with Crippen LogP contribution in [0.5, 0.6) is 5.75 Å². The van der Waals surface area contributed by atoms with Gasteiger partial charge in [0.2, 0.25) is 5.91 Å². The van der Waals surface area contributed by atoms with Crippen LogP contribution in [0, 0.1) is 0 Å². The number of benzene rings is 1. The number of rotatable bonds is 9. The lowest BCUT2D eigenvalue weighted by Crippen LogP contribution is -2.58. The third-order valence-corrected chi connectivity index (χ3v) is 5.27. The maximum absolute atomic E-state index is 12.6. The summed E-state index contributed by atoms with van der Waals surface area (Å²) >= 11 is 0. The van der Waals surface area contributed by atoms with Gasteiger partial charge in [0.1, 0.15) is 5.75 Å². The van der Waals surface area contributed by atoms with Crippen molar-refractivity contribution in [3.8, 4) is 5.75 Å². The molecular weight excluding hydrogens is 328 g/mol. The highest BCUT2D eigenvalue weighted by Crippen LogP contribution is 2.18. The summed E-state index contributed by atoms with van der Waals surface area (Å²) in [5, 5.41) is 0. The molecule has 146 valence electrons. The van der Waals surface area contributed by atoms with Gasteiger partial charge < -0.3 is 14.4 Å². The number of nitrogens with zero attached hydrogens (tertiary/aromatic N) is 2. The van der Waals surface area contributed by atoms with Crippen LogP contribution in [-0.2, 0) is 16.0 Å². The second kappa shape index (κ2) is 10.5. The first-order valence-corrected chi connectivity index (χ1v) is 9.70. The summed E-state index contributed by atoms with van der Waals surface area (Å²) in [6.07, 6.45) is 3.64. The molecule has 0 radical (unpaired) electrons. The predicted molar refractivity (Wildman–Crippen MR) is 105 cm³/mol. The Morgan fingerprint density at radius 3 is 2.31 bits per heavy atom. The van der Waals surface area contributed by atoms with Gasteiger partial charge in [-0.3, -0.25) is 9.69 Å². The number of aryl methyl sites for hydroxylation is 1. The Morgan fingerprint density at radius 2 is 1.73 bits per heavy atom. The molecule has 0 bridgehead atoms. The van der Waals surface area contributed by atoms with Crippen molar-refractivity contribution in [3.63, 3.8) is 0 Å². The minimum Gasteiger partial charge on any atom is -0.497 e. The molecule has 2 atom stereocenters. The van der Waals surface area contributed by atoms with Gasteiger partial charge in [-0.15, -0.1) is 0 Å². The van der Waals surface area contributed by atoms with Gasteiger partial charge in [0.15, 0.2) is 0 Å². The van der Waals surface area contributed by atoms with Gasteiger partial charge in [0.25, 0.3) is 0 Å². The van der Waals surface area contributed by atoms with Gasteiger partial charge in [-0.2, -0.15) is 0 Å². The Balaban J connectivity index is 1.70. The van der Waals surface area contributed by atoms with Crippen LogP contribution in [0.3, 0.4) is 0 Å². The van der Waals surface area contributed by atoms with Crippen LogP contribution in [0.2, 0.25) is 0 Å². The van der Waals surface area contributed by atoms with E-state index in [2.05, 4.69) is 30.9 Å². The summed E-state index contributed by atoms with van der Waals surface area (Å²) in [4.78, 5) is 17.1. The molecule has 5 heteroatoms. The molecule has 0 aromatic heterocycles. The zero-order valence-electron chi connectivity index (χ0n) is 16.7. The van der Waals surface area contributed by atoms with E-state index in [-0.39, 0.29) is 0 Å². The maximum atomic E-state index is 12.6. The molecule has 1 aliphatic heterocycles. The molecule has 0 aliphatic carbocycles. The van der Waals surface area contributed by atoms with Crippen molar-refractivity contribution in [2.24, 2.45) is 0 Å². The number of piperazine rings is 1. The summed E-state index contributed by atoms with van der Waals surface area (Å²) in [7, 11) is 3.42. The molecular formula is C21H34N2O3. The van der Waals surface area contributed by atoms with Crippen LogP contribution in [0.15, 0.2) is 24.3 Å². The molecule has 1 heterocycles. The van der Waals surface area contributed by atoms with E-state index in [0.29, 0.717) is 24.4 Å². The topological polar surface area (TPSA) is 42.0 Å². The molecule has 5 nitrogen and oxygen atoms in total. The van der Waals surface area contributed by atoms with Crippen LogP contribution < -0.4 is 4.74 Å². The number of amides is 1. The third-order valence-electron chi connectivity index (χ3n) is 5.27. The van der Waals surface area contributed by atoms with E-state index in [1.165, 1.54) is 5.56 Å². The van der Waals surface area contributed by atoms with Gasteiger partial charge >= 0.3 is 0 Å². The van der Waals surface area contributed by atoms with Crippen molar-refractivity contribution in [3.05, 3.63) is 29.8 Å². The lowest BCUT2D eigenvalue weighted by Gasteiger charge is -2.44. The number of carbonyl (C=O) groups excluding carboxylic acids is 1. The maximum Gasteiger partial charge on any atom is 0.222 e. The number of ether oxygens (including phenoxy) is 2. The monoisotopic (exact) mass is 362 g/mol. The van der Waals surface area contributed by atoms with Gasteiger partial charge in [-0.1, -0.05) is 12.1 Å². The Hall–Kier alpha value is -1.59. The number of methoxy groups -OCH3 is 2. The van der Waals surface area contributed by atoms with E-state index in [1.54, 1.807) is 14.2 Å². The Kier molecular flexibility index (Phi) is 8.39. The zero-order valence-corrected chi connectivity index (χ0v) is 16.7. The summed E-state index contributed by atoms with van der Waals surface area (Å²) in [6, 6.07) is 8.96. The van der Waals surface area contributed by atoms with E-state index in [9.17, 15) is 4.79 Å².